The van der Waals surface area contributed by atoms with Crippen LogP contribution in [0.5, 0.6) is 0 Å². The lowest BCUT2D eigenvalue weighted by Gasteiger charge is -2.16. The van der Waals surface area contributed by atoms with Crippen molar-refractivity contribution in [3.8, 4) is 0 Å². The molecule has 1 saturated heterocycles. The van der Waals surface area contributed by atoms with Gasteiger partial charge >= 0.3 is 0 Å². The lowest BCUT2D eigenvalue weighted by Crippen LogP contribution is -2.24. The summed E-state index contributed by atoms with van der Waals surface area (Å²) in [5, 5.41) is 7.60. The van der Waals surface area contributed by atoms with Gasteiger partial charge in [0.2, 0.25) is 5.89 Å². The van der Waals surface area contributed by atoms with E-state index in [0.29, 0.717) is 11.3 Å². The second-order valence-corrected chi connectivity index (χ2v) is 6.34. The number of aromatic nitrogens is 2. The predicted octanol–water partition coefficient (Wildman–Crippen LogP) is 2.16. The summed E-state index contributed by atoms with van der Waals surface area (Å²) in [5.41, 5.74) is 0. The van der Waals surface area contributed by atoms with E-state index >= 15 is 0 Å². The van der Waals surface area contributed by atoms with Crippen molar-refractivity contribution in [2.45, 2.75) is 24.6 Å². The first-order valence-electron chi connectivity index (χ1n) is 5.48. The Morgan fingerprint density at radius 2 is 2.35 bits per heavy atom. The average molecular weight is 296 g/mol. The molecule has 0 aliphatic carbocycles. The van der Waals surface area contributed by atoms with E-state index in [1.807, 2.05) is 30.6 Å². The minimum atomic E-state index is 0. The highest BCUT2D eigenvalue weighted by Gasteiger charge is 2.22. The Labute approximate surface area is 116 Å². The van der Waals surface area contributed by atoms with Crippen LogP contribution in [0.1, 0.15) is 23.9 Å². The summed E-state index contributed by atoms with van der Waals surface area (Å²) in [5.74, 6) is 5.12. The Morgan fingerprint density at radius 3 is 3.00 bits per heavy atom. The summed E-state index contributed by atoms with van der Waals surface area (Å²) in [6.45, 7) is 2.11. The van der Waals surface area contributed by atoms with Gasteiger partial charge < -0.3 is 9.84 Å². The maximum Gasteiger partial charge on any atom is 0.240 e. The monoisotopic (exact) mass is 295 g/mol. The molecule has 0 saturated carbocycles. The summed E-state index contributed by atoms with van der Waals surface area (Å²) < 4.78 is 5.33. The number of halogens is 1. The zero-order valence-electron chi connectivity index (χ0n) is 10.0. The van der Waals surface area contributed by atoms with Crippen molar-refractivity contribution in [3.05, 3.63) is 11.7 Å². The van der Waals surface area contributed by atoms with E-state index < -0.39 is 0 Å². The Hall–Kier alpha value is 0.0900. The van der Waals surface area contributed by atoms with Crippen LogP contribution in [0.4, 0.5) is 0 Å². The van der Waals surface area contributed by atoms with Gasteiger partial charge in [-0.2, -0.15) is 16.7 Å². The zero-order valence-corrected chi connectivity index (χ0v) is 12.5. The molecule has 2 atom stereocenters. The van der Waals surface area contributed by atoms with Crippen LogP contribution in [0.25, 0.3) is 0 Å². The molecule has 1 aliphatic heterocycles. The predicted molar refractivity (Wildman–Crippen MR) is 76.3 cm³/mol. The Morgan fingerprint density at radius 1 is 1.53 bits per heavy atom. The van der Waals surface area contributed by atoms with Gasteiger partial charge in [-0.1, -0.05) is 5.16 Å². The topological polar surface area (TPSA) is 51.0 Å². The minimum Gasteiger partial charge on any atom is -0.338 e. The fraction of sp³-hybridized carbons (Fsp3) is 0.800. The largest absolute Gasteiger partial charge is 0.338 e. The van der Waals surface area contributed by atoms with Crippen molar-refractivity contribution in [2.75, 3.05) is 24.3 Å². The Balaban J connectivity index is 0.00000144. The van der Waals surface area contributed by atoms with Crippen molar-refractivity contribution < 1.29 is 4.52 Å². The molecule has 0 amide bonds. The third-order valence-electron chi connectivity index (χ3n) is 2.56. The first-order valence-corrected chi connectivity index (χ1v) is 7.69. The molecule has 17 heavy (non-hydrogen) atoms. The third-order valence-corrected chi connectivity index (χ3v) is 5.30. The maximum absolute atomic E-state index is 5.33. The molecule has 7 heteroatoms. The Kier molecular flexibility index (Phi) is 6.69. The number of nitrogens with one attached hydrogen (secondary N) is 1. The lowest BCUT2D eigenvalue weighted by atomic mass is 10.2. The highest BCUT2D eigenvalue weighted by Crippen LogP contribution is 2.35. The molecule has 2 unspecified atom stereocenters. The lowest BCUT2D eigenvalue weighted by molar-refractivity contribution is 0.373. The number of hydrogen-bond acceptors (Lipinski definition) is 6. The van der Waals surface area contributed by atoms with Crippen LogP contribution < -0.4 is 5.32 Å². The molecule has 0 bridgehead atoms. The average Bonchev–Trinajstić information content (AvgIpc) is 2.78. The van der Waals surface area contributed by atoms with E-state index in [4.69, 9.17) is 4.52 Å². The molecule has 1 aliphatic rings. The molecule has 1 fully saturated rings. The maximum atomic E-state index is 5.33. The molecule has 98 valence electrons. The second kappa shape index (κ2) is 7.51. The van der Waals surface area contributed by atoms with Gasteiger partial charge in [-0.3, -0.25) is 0 Å². The van der Waals surface area contributed by atoms with Gasteiger partial charge in [0.25, 0.3) is 0 Å². The van der Waals surface area contributed by atoms with Crippen LogP contribution in [-0.2, 0) is 6.42 Å². The van der Waals surface area contributed by atoms with E-state index in [2.05, 4.69) is 22.4 Å². The van der Waals surface area contributed by atoms with Crippen LogP contribution in [0.2, 0.25) is 0 Å². The number of thioether (sulfide) groups is 2. The van der Waals surface area contributed by atoms with E-state index in [-0.39, 0.29) is 12.4 Å². The SMILES string of the molecule is CNC(C)Cc1noc(C2CSCCS2)n1.Cl. The van der Waals surface area contributed by atoms with Gasteiger partial charge in [-0.15, -0.1) is 24.2 Å². The molecule has 0 spiro atoms. The summed E-state index contributed by atoms with van der Waals surface area (Å²) in [6.07, 6.45) is 0.824. The van der Waals surface area contributed by atoms with Crippen LogP contribution in [0.15, 0.2) is 4.52 Å². The number of likely N-dealkylation sites (N-methyl/N-ethyl adjacent to an activating group) is 1. The van der Waals surface area contributed by atoms with Gasteiger partial charge in [0.05, 0.1) is 5.25 Å². The summed E-state index contributed by atoms with van der Waals surface area (Å²) in [6, 6.07) is 0.388. The fourth-order valence-electron chi connectivity index (χ4n) is 1.49. The van der Waals surface area contributed by atoms with Crippen molar-refractivity contribution in [2.24, 2.45) is 0 Å². The van der Waals surface area contributed by atoms with Crippen LogP contribution in [-0.4, -0.2) is 40.5 Å². The summed E-state index contributed by atoms with van der Waals surface area (Å²) in [7, 11) is 1.94. The molecule has 0 radical (unpaired) electrons. The quantitative estimate of drug-likeness (QED) is 0.919. The van der Waals surface area contributed by atoms with Crippen LogP contribution >= 0.6 is 35.9 Å². The molecule has 1 aromatic heterocycles. The zero-order chi connectivity index (χ0) is 11.4. The molecule has 4 nitrogen and oxygen atoms in total. The smallest absolute Gasteiger partial charge is 0.240 e. The summed E-state index contributed by atoms with van der Waals surface area (Å²) >= 11 is 3.89. The van der Waals surface area contributed by atoms with Crippen LogP contribution in [0, 0.1) is 0 Å². The van der Waals surface area contributed by atoms with Gasteiger partial charge in [0.1, 0.15) is 0 Å². The molecular formula is C10H18ClN3OS2. The first kappa shape index (κ1) is 15.1. The Bertz CT molecular complexity index is 331. The van der Waals surface area contributed by atoms with Gasteiger partial charge in [-0.05, 0) is 14.0 Å². The highest BCUT2D eigenvalue weighted by molar-refractivity contribution is 8.06. The molecule has 1 aromatic rings. The molecular weight excluding hydrogens is 278 g/mol. The van der Waals surface area contributed by atoms with Crippen LogP contribution in [0.3, 0.4) is 0 Å². The van der Waals surface area contributed by atoms with Crippen molar-refractivity contribution >= 4 is 35.9 Å². The number of hydrogen-bond donors (Lipinski definition) is 1. The number of nitrogens with zero attached hydrogens (tertiary/aromatic N) is 2. The third kappa shape index (κ3) is 4.35. The fourth-order valence-corrected chi connectivity index (χ4v) is 4.06. The molecule has 2 rings (SSSR count). The molecule has 1 N–H and O–H groups in total. The first-order chi connectivity index (χ1) is 7.79. The van der Waals surface area contributed by atoms with Crippen molar-refractivity contribution in [1.29, 1.82) is 0 Å². The van der Waals surface area contributed by atoms with E-state index in [1.54, 1.807) is 0 Å². The van der Waals surface area contributed by atoms with Crippen molar-refractivity contribution in [3.63, 3.8) is 0 Å². The second-order valence-electron chi connectivity index (χ2n) is 3.88. The van der Waals surface area contributed by atoms with Gasteiger partial charge in [-0.25, -0.2) is 0 Å². The van der Waals surface area contributed by atoms with E-state index in [9.17, 15) is 0 Å². The molecule has 2 heterocycles. The van der Waals surface area contributed by atoms with Gasteiger partial charge in [0.15, 0.2) is 5.82 Å². The standard InChI is InChI=1S/C10H17N3OS2.ClH/c1-7(11-2)5-9-12-10(14-13-9)8-6-15-3-4-16-8;/h7-8,11H,3-6H2,1-2H3;1H. The normalized spacial score (nSPS) is 21.9. The van der Waals surface area contributed by atoms with E-state index in [0.717, 1.165) is 23.9 Å². The number of rotatable bonds is 4. The van der Waals surface area contributed by atoms with E-state index in [1.165, 1.54) is 11.5 Å². The minimum absolute atomic E-state index is 0. The van der Waals surface area contributed by atoms with Crippen molar-refractivity contribution in [1.82, 2.24) is 15.5 Å². The van der Waals surface area contributed by atoms with Gasteiger partial charge in [0, 0.05) is 29.7 Å². The molecule has 0 aromatic carbocycles. The summed E-state index contributed by atoms with van der Waals surface area (Å²) in [4.78, 5) is 4.47. The highest BCUT2D eigenvalue weighted by atomic mass is 35.5.